The van der Waals surface area contributed by atoms with Crippen molar-refractivity contribution >= 4 is 36.0 Å². The van der Waals surface area contributed by atoms with E-state index < -0.39 is 56.1 Å². The van der Waals surface area contributed by atoms with Gasteiger partial charge >= 0.3 is 40.2 Å². The quantitative estimate of drug-likeness (QED) is 0.455. The Kier molecular flexibility index (Phi) is 8.18. The number of alkyl halides is 5. The highest BCUT2D eigenvalue weighted by molar-refractivity contribution is 8.13. The second-order valence-corrected chi connectivity index (χ2v) is 10.9. The van der Waals surface area contributed by atoms with Gasteiger partial charge < -0.3 is 0 Å². The van der Waals surface area contributed by atoms with E-state index >= 15 is 0 Å². The zero-order valence-electron chi connectivity index (χ0n) is 13.9. The number of rotatable bonds is 10. The molecule has 0 heterocycles. The molecule has 0 aliphatic heterocycles. The molecular formula is C10H17F5N2O7S3. The fourth-order valence-electron chi connectivity index (χ4n) is 1.63. The van der Waals surface area contributed by atoms with Gasteiger partial charge in [-0.05, 0) is 12.8 Å². The molecule has 17 heteroatoms. The Morgan fingerprint density at radius 1 is 0.889 bits per heavy atom. The maximum atomic E-state index is 13.8. The zero-order valence-corrected chi connectivity index (χ0v) is 16.3. The first kappa shape index (κ1) is 25.9. The molecule has 1 unspecified atom stereocenters. The van der Waals surface area contributed by atoms with Gasteiger partial charge in [-0.25, -0.2) is 21.6 Å². The summed E-state index contributed by atoms with van der Waals surface area (Å²) < 4.78 is 125. The van der Waals surface area contributed by atoms with Crippen LogP contribution in [0.5, 0.6) is 0 Å². The van der Waals surface area contributed by atoms with Gasteiger partial charge in [0.1, 0.15) is 0 Å². The first-order valence-corrected chi connectivity index (χ1v) is 11.6. The van der Waals surface area contributed by atoms with Crippen LogP contribution in [0.2, 0.25) is 0 Å². The topological polar surface area (TPSA) is 144 Å². The van der Waals surface area contributed by atoms with Crippen LogP contribution in [-0.4, -0.2) is 41.3 Å². The van der Waals surface area contributed by atoms with Crippen LogP contribution >= 0.6 is 0 Å². The summed E-state index contributed by atoms with van der Waals surface area (Å²) in [6.45, 7) is 3.13. The van der Waals surface area contributed by atoms with Gasteiger partial charge in [0, 0.05) is 5.92 Å². The predicted molar refractivity (Wildman–Crippen MR) is 82.3 cm³/mol. The van der Waals surface area contributed by atoms with Crippen LogP contribution in [0.25, 0.3) is 0 Å². The molecule has 1 atom stereocenters. The average Bonchev–Trinajstić information content (AvgIpc) is 2.44. The Bertz CT molecular complexity index is 850. The van der Waals surface area contributed by atoms with Crippen molar-refractivity contribution in [2.45, 2.75) is 49.6 Å². The first-order chi connectivity index (χ1) is 11.9. The summed E-state index contributed by atoms with van der Waals surface area (Å²) in [6, 6.07) is 0. The molecule has 0 spiro atoms. The van der Waals surface area contributed by atoms with Crippen molar-refractivity contribution in [3.05, 3.63) is 0 Å². The van der Waals surface area contributed by atoms with Crippen LogP contribution in [0.1, 0.15) is 39.5 Å². The molecule has 162 valence electrons. The molecule has 1 amide bonds. The van der Waals surface area contributed by atoms with E-state index in [9.17, 15) is 52.0 Å². The lowest BCUT2D eigenvalue weighted by atomic mass is 9.99. The highest BCUT2D eigenvalue weighted by Gasteiger charge is 2.62. The predicted octanol–water partition coefficient (Wildman–Crippen LogP) is 0.968. The third kappa shape index (κ3) is 5.95. The van der Waals surface area contributed by atoms with Crippen LogP contribution in [0.3, 0.4) is 0 Å². The molecule has 0 radical (unpaired) electrons. The number of unbranched alkanes of at least 4 members (excludes halogenated alkanes) is 1. The number of sulfonamides is 3. The summed E-state index contributed by atoms with van der Waals surface area (Å²) in [7, 11) is -20.2. The van der Waals surface area contributed by atoms with Crippen LogP contribution in [-0.2, 0) is 34.9 Å². The van der Waals surface area contributed by atoms with Crippen molar-refractivity contribution < 1.29 is 52.0 Å². The SMILES string of the molecule is CCCCC(CC)C(=O)NS(=O)(=O)C(F)(F)S(=O)(=O)NS(=O)(=O)C(F)(F)F. The van der Waals surface area contributed by atoms with Crippen LogP contribution in [0, 0.1) is 5.92 Å². The van der Waals surface area contributed by atoms with Gasteiger partial charge in [0.2, 0.25) is 5.91 Å². The highest BCUT2D eigenvalue weighted by atomic mass is 32.3. The average molecular weight is 468 g/mol. The summed E-state index contributed by atoms with van der Waals surface area (Å²) >= 11 is 0. The van der Waals surface area contributed by atoms with Crippen molar-refractivity contribution in [2.24, 2.45) is 5.92 Å². The van der Waals surface area contributed by atoms with Gasteiger partial charge in [0.15, 0.2) is 0 Å². The van der Waals surface area contributed by atoms with Gasteiger partial charge in [-0.3, -0.25) is 4.79 Å². The minimum Gasteiger partial charge on any atom is -0.274 e. The van der Waals surface area contributed by atoms with E-state index in [2.05, 4.69) is 0 Å². The Labute approximate surface area is 152 Å². The Morgan fingerprint density at radius 3 is 1.74 bits per heavy atom. The van der Waals surface area contributed by atoms with E-state index in [0.29, 0.717) is 12.8 Å². The van der Waals surface area contributed by atoms with Gasteiger partial charge in [-0.1, -0.05) is 30.8 Å². The van der Waals surface area contributed by atoms with Crippen LogP contribution < -0.4 is 8.85 Å². The molecule has 0 rings (SSSR count). The molecule has 27 heavy (non-hydrogen) atoms. The number of carbonyl (C=O) groups excluding carboxylic acids is 1. The van der Waals surface area contributed by atoms with Crippen molar-refractivity contribution in [2.75, 3.05) is 0 Å². The van der Waals surface area contributed by atoms with E-state index in [1.165, 1.54) is 6.92 Å². The summed E-state index contributed by atoms with van der Waals surface area (Å²) in [5, 5.41) is 0. The maximum Gasteiger partial charge on any atom is 0.512 e. The second kappa shape index (κ2) is 8.52. The summed E-state index contributed by atoms with van der Waals surface area (Å²) in [4.78, 5) is 11.8. The Morgan fingerprint density at radius 2 is 1.37 bits per heavy atom. The smallest absolute Gasteiger partial charge is 0.274 e. The molecular weight excluding hydrogens is 451 g/mol. The molecule has 9 nitrogen and oxygen atoms in total. The normalized spacial score (nSPS) is 15.4. The maximum absolute atomic E-state index is 13.8. The minimum atomic E-state index is -6.95. The molecule has 0 aliphatic carbocycles. The standard InChI is InChI=1S/C10H17F5N2O7S3/c1-3-5-6-7(4-2)8(18)16-26(21,22)10(14,15)27(23,24)17-25(19,20)9(11,12)13/h7,17H,3-6H2,1-2H3,(H,16,18). The number of amides is 1. The second-order valence-electron chi connectivity index (χ2n) is 5.22. The lowest BCUT2D eigenvalue weighted by Gasteiger charge is -2.20. The van der Waals surface area contributed by atoms with E-state index in [1.807, 2.05) is 0 Å². The van der Waals surface area contributed by atoms with Crippen molar-refractivity contribution in [3.8, 4) is 0 Å². The van der Waals surface area contributed by atoms with Crippen LogP contribution in [0.15, 0.2) is 0 Å². The number of hydrogen-bond acceptors (Lipinski definition) is 7. The van der Waals surface area contributed by atoms with Gasteiger partial charge in [0.25, 0.3) is 0 Å². The van der Waals surface area contributed by atoms with E-state index in [1.54, 1.807) is 6.92 Å². The molecule has 0 aromatic heterocycles. The van der Waals surface area contributed by atoms with Crippen molar-refractivity contribution in [3.63, 3.8) is 0 Å². The number of halogens is 5. The summed E-state index contributed by atoms with van der Waals surface area (Å²) in [5.74, 6) is -2.59. The summed E-state index contributed by atoms with van der Waals surface area (Å²) in [5.41, 5.74) is -6.31. The number of carbonyl (C=O) groups is 1. The summed E-state index contributed by atoms with van der Waals surface area (Å²) in [6.07, 6.45) is 1.06. The monoisotopic (exact) mass is 468 g/mol. The molecule has 0 fully saturated rings. The number of hydrogen-bond donors (Lipinski definition) is 2. The molecule has 0 saturated heterocycles. The molecule has 0 aromatic rings. The first-order valence-electron chi connectivity index (χ1n) is 7.14. The fraction of sp³-hybridized carbons (Fsp3) is 0.900. The number of nitrogens with one attached hydrogen (secondary N) is 2. The third-order valence-corrected chi connectivity index (χ3v) is 8.56. The van der Waals surface area contributed by atoms with E-state index in [0.717, 1.165) is 4.72 Å². The van der Waals surface area contributed by atoms with Crippen molar-refractivity contribution in [1.29, 1.82) is 0 Å². The molecule has 0 aliphatic rings. The third-order valence-electron chi connectivity index (χ3n) is 3.15. The fourth-order valence-corrected chi connectivity index (χ4v) is 5.69. The molecule has 0 bridgehead atoms. The van der Waals surface area contributed by atoms with Crippen LogP contribution in [0.4, 0.5) is 22.0 Å². The zero-order chi connectivity index (χ0) is 21.9. The lowest BCUT2D eigenvalue weighted by molar-refractivity contribution is -0.123. The molecule has 0 saturated carbocycles. The van der Waals surface area contributed by atoms with Crippen molar-refractivity contribution in [1.82, 2.24) is 8.85 Å². The Hall–Kier alpha value is -1.07. The van der Waals surface area contributed by atoms with E-state index in [4.69, 9.17) is 0 Å². The highest BCUT2D eigenvalue weighted by Crippen LogP contribution is 2.30. The van der Waals surface area contributed by atoms with Gasteiger partial charge in [-0.2, -0.15) is 30.4 Å². The molecule has 2 N–H and O–H groups in total. The largest absolute Gasteiger partial charge is 0.512 e. The van der Waals surface area contributed by atoms with Gasteiger partial charge in [-0.15, -0.1) is 0 Å². The van der Waals surface area contributed by atoms with Gasteiger partial charge in [0.05, 0.1) is 0 Å². The molecule has 0 aromatic carbocycles. The lowest BCUT2D eigenvalue weighted by Crippen LogP contribution is -2.54. The minimum absolute atomic E-state index is 0.000375. The Balaban J connectivity index is 5.75. The van der Waals surface area contributed by atoms with E-state index in [-0.39, 0.29) is 12.8 Å².